The maximum Gasteiger partial charge on any atom is 0.445 e. The van der Waals surface area contributed by atoms with Crippen LogP contribution >= 0.6 is 11.3 Å². The number of nitrogens with one attached hydrogen (secondary N) is 1. The van der Waals surface area contributed by atoms with E-state index in [1.807, 2.05) is 6.92 Å². The van der Waals surface area contributed by atoms with Crippen LogP contribution in [0.3, 0.4) is 0 Å². The average Bonchev–Trinajstić information content (AvgIpc) is 2.61. The highest BCUT2D eigenvalue weighted by Gasteiger charge is 2.40. The van der Waals surface area contributed by atoms with Crippen molar-refractivity contribution in [3.63, 3.8) is 0 Å². The number of rotatable bonds is 2. The van der Waals surface area contributed by atoms with Gasteiger partial charge in [0.15, 0.2) is 0 Å². The minimum atomic E-state index is -4.39. The van der Waals surface area contributed by atoms with E-state index in [1.54, 1.807) is 0 Å². The number of nitrogens with zero attached hydrogens (tertiary/aromatic N) is 2. The summed E-state index contributed by atoms with van der Waals surface area (Å²) < 4.78 is 36.4. The molecule has 1 aromatic heterocycles. The normalized spacial score (nSPS) is 19.4. The Balaban J connectivity index is 2.10. The summed E-state index contributed by atoms with van der Waals surface area (Å²) in [5.41, 5.74) is -0.0671. The van der Waals surface area contributed by atoms with Crippen molar-refractivity contribution >= 4 is 16.5 Å². The van der Waals surface area contributed by atoms with Crippen LogP contribution in [0.1, 0.15) is 24.8 Å². The van der Waals surface area contributed by atoms with E-state index in [4.69, 9.17) is 0 Å². The van der Waals surface area contributed by atoms with Crippen LogP contribution in [-0.4, -0.2) is 15.7 Å². The van der Waals surface area contributed by atoms with E-state index in [2.05, 4.69) is 15.5 Å². The Morgan fingerprint density at radius 2 is 2.00 bits per heavy atom. The second kappa shape index (κ2) is 2.82. The first-order valence-corrected chi connectivity index (χ1v) is 4.90. The minimum absolute atomic E-state index is 0.0671. The summed E-state index contributed by atoms with van der Waals surface area (Å²) in [6.45, 7) is 1.95. The van der Waals surface area contributed by atoms with Gasteiger partial charge in [-0.05, 0) is 19.8 Å². The quantitative estimate of drug-likeness (QED) is 0.837. The van der Waals surface area contributed by atoms with Gasteiger partial charge in [0.2, 0.25) is 10.1 Å². The van der Waals surface area contributed by atoms with E-state index in [9.17, 15) is 13.2 Å². The molecule has 1 aliphatic carbocycles. The fourth-order valence-corrected chi connectivity index (χ4v) is 1.72. The van der Waals surface area contributed by atoms with Crippen LogP contribution in [0.5, 0.6) is 0 Å². The first-order chi connectivity index (χ1) is 6.39. The maximum absolute atomic E-state index is 12.1. The van der Waals surface area contributed by atoms with E-state index in [1.165, 1.54) is 0 Å². The summed E-state index contributed by atoms with van der Waals surface area (Å²) in [4.78, 5) is 0. The Morgan fingerprint density at radius 3 is 2.43 bits per heavy atom. The Hall–Kier alpha value is -0.850. The predicted octanol–water partition coefficient (Wildman–Crippen LogP) is 2.52. The third kappa shape index (κ3) is 1.97. The molecule has 1 saturated carbocycles. The van der Waals surface area contributed by atoms with Crippen LogP contribution in [0.15, 0.2) is 0 Å². The molecule has 0 amide bonds. The molecule has 0 aliphatic heterocycles. The van der Waals surface area contributed by atoms with Crippen molar-refractivity contribution < 1.29 is 13.2 Å². The van der Waals surface area contributed by atoms with Crippen LogP contribution in [-0.2, 0) is 6.18 Å². The van der Waals surface area contributed by atoms with Gasteiger partial charge in [0, 0.05) is 5.54 Å². The SMILES string of the molecule is CC1(Nc2nnc(C(F)(F)F)s2)CC1. The summed E-state index contributed by atoms with van der Waals surface area (Å²) in [6.07, 6.45) is -2.45. The van der Waals surface area contributed by atoms with E-state index in [-0.39, 0.29) is 10.7 Å². The molecule has 78 valence electrons. The lowest BCUT2D eigenvalue weighted by Crippen LogP contribution is -2.15. The topological polar surface area (TPSA) is 37.8 Å². The molecule has 0 bridgehead atoms. The first-order valence-electron chi connectivity index (χ1n) is 4.08. The van der Waals surface area contributed by atoms with Gasteiger partial charge in [-0.2, -0.15) is 13.2 Å². The highest BCUT2D eigenvalue weighted by molar-refractivity contribution is 7.15. The Bertz CT molecular complexity index is 342. The van der Waals surface area contributed by atoms with Gasteiger partial charge in [0.25, 0.3) is 0 Å². The molecule has 1 N–H and O–H groups in total. The van der Waals surface area contributed by atoms with E-state index < -0.39 is 11.2 Å². The number of aromatic nitrogens is 2. The number of hydrogen-bond donors (Lipinski definition) is 1. The third-order valence-electron chi connectivity index (χ3n) is 2.08. The maximum atomic E-state index is 12.1. The smallest absolute Gasteiger partial charge is 0.355 e. The average molecular weight is 223 g/mol. The molecule has 0 aromatic carbocycles. The highest BCUT2D eigenvalue weighted by atomic mass is 32.1. The molecular formula is C7H8F3N3S. The molecule has 1 fully saturated rings. The van der Waals surface area contributed by atoms with Gasteiger partial charge >= 0.3 is 6.18 Å². The van der Waals surface area contributed by atoms with Crippen molar-refractivity contribution in [2.24, 2.45) is 0 Å². The van der Waals surface area contributed by atoms with E-state index >= 15 is 0 Å². The molecule has 1 heterocycles. The van der Waals surface area contributed by atoms with Crippen molar-refractivity contribution in [3.05, 3.63) is 5.01 Å². The molecular weight excluding hydrogens is 215 g/mol. The van der Waals surface area contributed by atoms with Gasteiger partial charge in [-0.25, -0.2) is 0 Å². The van der Waals surface area contributed by atoms with Gasteiger partial charge < -0.3 is 5.32 Å². The van der Waals surface area contributed by atoms with Crippen LogP contribution in [0.4, 0.5) is 18.3 Å². The molecule has 2 rings (SSSR count). The highest BCUT2D eigenvalue weighted by Crippen LogP contribution is 2.40. The lowest BCUT2D eigenvalue weighted by atomic mass is 10.3. The lowest BCUT2D eigenvalue weighted by Gasteiger charge is -2.07. The zero-order valence-electron chi connectivity index (χ0n) is 7.35. The summed E-state index contributed by atoms with van der Waals surface area (Å²) in [5.74, 6) is 0. The van der Waals surface area contributed by atoms with E-state index in [0.29, 0.717) is 11.3 Å². The summed E-state index contributed by atoms with van der Waals surface area (Å²) in [5, 5.41) is 8.80. The fourth-order valence-electron chi connectivity index (χ4n) is 0.959. The van der Waals surface area contributed by atoms with E-state index in [0.717, 1.165) is 12.8 Å². The molecule has 1 aliphatic rings. The molecule has 0 atom stereocenters. The number of anilines is 1. The lowest BCUT2D eigenvalue weighted by molar-refractivity contribution is -0.138. The molecule has 0 radical (unpaired) electrons. The van der Waals surface area contributed by atoms with Crippen molar-refractivity contribution in [3.8, 4) is 0 Å². The minimum Gasteiger partial charge on any atom is -0.355 e. The molecule has 0 saturated heterocycles. The van der Waals surface area contributed by atoms with Gasteiger partial charge in [0.1, 0.15) is 0 Å². The summed E-state index contributed by atoms with van der Waals surface area (Å²) >= 11 is 0.548. The Labute approximate surface area is 82.3 Å². The predicted molar refractivity (Wildman–Crippen MR) is 46.2 cm³/mol. The fraction of sp³-hybridized carbons (Fsp3) is 0.714. The van der Waals surface area contributed by atoms with Crippen molar-refractivity contribution in [2.75, 3.05) is 5.32 Å². The van der Waals surface area contributed by atoms with Gasteiger partial charge in [-0.3, -0.25) is 0 Å². The number of halogens is 3. The Morgan fingerprint density at radius 1 is 1.36 bits per heavy atom. The largest absolute Gasteiger partial charge is 0.445 e. The zero-order chi connectivity index (χ0) is 10.4. The number of alkyl halides is 3. The second-order valence-electron chi connectivity index (χ2n) is 3.60. The summed E-state index contributed by atoms with van der Waals surface area (Å²) in [6, 6.07) is 0. The van der Waals surface area contributed by atoms with Gasteiger partial charge in [-0.15, -0.1) is 10.2 Å². The zero-order valence-corrected chi connectivity index (χ0v) is 8.17. The van der Waals surface area contributed by atoms with Gasteiger partial charge in [-0.1, -0.05) is 11.3 Å². The molecule has 0 spiro atoms. The molecule has 0 unspecified atom stereocenters. The third-order valence-corrected chi connectivity index (χ3v) is 2.96. The molecule has 1 aromatic rings. The molecule has 7 heteroatoms. The second-order valence-corrected chi connectivity index (χ2v) is 4.57. The van der Waals surface area contributed by atoms with Crippen LogP contribution in [0.2, 0.25) is 0 Å². The van der Waals surface area contributed by atoms with Crippen LogP contribution in [0, 0.1) is 0 Å². The monoisotopic (exact) mass is 223 g/mol. The Kier molecular flexibility index (Phi) is 1.95. The van der Waals surface area contributed by atoms with Crippen molar-refractivity contribution in [1.29, 1.82) is 0 Å². The van der Waals surface area contributed by atoms with Crippen LogP contribution in [0.25, 0.3) is 0 Å². The molecule has 3 nitrogen and oxygen atoms in total. The molecule has 14 heavy (non-hydrogen) atoms. The van der Waals surface area contributed by atoms with Gasteiger partial charge in [0.05, 0.1) is 0 Å². The van der Waals surface area contributed by atoms with Crippen molar-refractivity contribution in [1.82, 2.24) is 10.2 Å². The number of hydrogen-bond acceptors (Lipinski definition) is 4. The van der Waals surface area contributed by atoms with Crippen molar-refractivity contribution in [2.45, 2.75) is 31.5 Å². The summed E-state index contributed by atoms with van der Waals surface area (Å²) in [7, 11) is 0. The van der Waals surface area contributed by atoms with Crippen LogP contribution < -0.4 is 5.32 Å². The standard InChI is InChI=1S/C7H8F3N3S/c1-6(2-3-6)11-5-13-12-4(14-5)7(8,9)10/h2-3H2,1H3,(H,11,13). The first kappa shape index (κ1) is 9.70.